The minimum atomic E-state index is -0.998. The number of aromatic nitrogens is 4. The summed E-state index contributed by atoms with van der Waals surface area (Å²) in [5.41, 5.74) is 3.30. The molecule has 0 unspecified atom stereocenters. The molecule has 0 saturated carbocycles. The van der Waals surface area contributed by atoms with Crippen molar-refractivity contribution in [3.8, 4) is 17.5 Å². The van der Waals surface area contributed by atoms with Crippen molar-refractivity contribution in [3.05, 3.63) is 78.4 Å². The Morgan fingerprint density at radius 1 is 1.05 bits per heavy atom. The zero-order chi connectivity index (χ0) is 26.8. The molecular formula is C29H24N6O3S. The van der Waals surface area contributed by atoms with Crippen molar-refractivity contribution in [1.82, 2.24) is 19.6 Å². The molecule has 2 N–H and O–H groups in total. The van der Waals surface area contributed by atoms with Gasteiger partial charge in [0.25, 0.3) is 0 Å². The van der Waals surface area contributed by atoms with E-state index in [0.717, 1.165) is 26.4 Å². The fraction of sp³-hybridized carbons (Fsp3) is 0.207. The lowest BCUT2D eigenvalue weighted by Crippen LogP contribution is -2.32. The number of rotatable bonds is 7. The van der Waals surface area contributed by atoms with Gasteiger partial charge in [-0.1, -0.05) is 54.2 Å². The number of fused-ring (bicyclic) bond motifs is 3. The van der Waals surface area contributed by atoms with E-state index in [0.29, 0.717) is 48.9 Å². The summed E-state index contributed by atoms with van der Waals surface area (Å²) in [4.78, 5) is 18.0. The number of carboxylic acid groups (broad SMARTS) is 1. The van der Waals surface area contributed by atoms with E-state index in [1.54, 1.807) is 11.8 Å². The number of nitriles is 1. The highest BCUT2D eigenvalue weighted by Crippen LogP contribution is 2.38. The van der Waals surface area contributed by atoms with Gasteiger partial charge in [-0.3, -0.25) is 9.20 Å². The lowest BCUT2D eigenvalue weighted by Gasteiger charge is -2.31. The van der Waals surface area contributed by atoms with E-state index in [1.807, 2.05) is 71.1 Å². The summed E-state index contributed by atoms with van der Waals surface area (Å²) < 4.78 is 7.41. The van der Waals surface area contributed by atoms with Crippen molar-refractivity contribution in [2.24, 2.45) is 0 Å². The summed E-state index contributed by atoms with van der Waals surface area (Å²) in [6.45, 7) is 0.874. The molecule has 3 aromatic carbocycles. The topological polar surface area (TPSA) is 125 Å². The molecule has 3 heterocycles. The second-order valence-corrected chi connectivity index (χ2v) is 10.5. The number of hydrogen-bond acceptors (Lipinski definition) is 8. The monoisotopic (exact) mass is 536 g/mol. The number of hydrogen-bond donors (Lipinski definition) is 2. The summed E-state index contributed by atoms with van der Waals surface area (Å²) in [5, 5.41) is 30.9. The van der Waals surface area contributed by atoms with Gasteiger partial charge in [0.1, 0.15) is 6.54 Å². The van der Waals surface area contributed by atoms with Crippen LogP contribution in [0.4, 0.5) is 5.82 Å². The van der Waals surface area contributed by atoms with Crippen molar-refractivity contribution in [3.63, 3.8) is 0 Å². The Balaban J connectivity index is 1.41. The van der Waals surface area contributed by atoms with Crippen LogP contribution in [0, 0.1) is 11.3 Å². The number of ether oxygens (including phenoxy) is 1. The zero-order valence-electron chi connectivity index (χ0n) is 20.9. The first-order valence-corrected chi connectivity index (χ1v) is 13.4. The van der Waals surface area contributed by atoms with Crippen LogP contribution < -0.4 is 5.32 Å². The van der Waals surface area contributed by atoms with Gasteiger partial charge in [0, 0.05) is 28.6 Å². The fourth-order valence-electron chi connectivity index (χ4n) is 4.91. The standard InChI is InChI=1S/C29H24N6O3S/c30-18-29(11-13-38-14-12-29)20-7-4-8-21(15-20)39-22-9-10-24-23(16-22)32-26(31-17-25(36)37)28-34-33-27(35(24)28)19-5-2-1-3-6-19/h1-10,15-16H,11-14,17H2,(H,31,32)(H,36,37). The Kier molecular flexibility index (Phi) is 6.60. The molecule has 1 saturated heterocycles. The van der Waals surface area contributed by atoms with E-state index in [1.165, 1.54) is 0 Å². The van der Waals surface area contributed by atoms with Gasteiger partial charge in [0.15, 0.2) is 11.6 Å². The molecule has 6 rings (SSSR count). The van der Waals surface area contributed by atoms with Crippen molar-refractivity contribution in [1.29, 1.82) is 5.26 Å². The lowest BCUT2D eigenvalue weighted by molar-refractivity contribution is -0.134. The van der Waals surface area contributed by atoms with Crippen molar-refractivity contribution < 1.29 is 14.6 Å². The van der Waals surface area contributed by atoms with Crippen LogP contribution in [-0.2, 0) is 14.9 Å². The maximum atomic E-state index is 11.3. The lowest BCUT2D eigenvalue weighted by atomic mass is 9.75. The first kappa shape index (κ1) is 24.9. The van der Waals surface area contributed by atoms with Gasteiger partial charge in [-0.05, 0) is 48.7 Å². The van der Waals surface area contributed by atoms with Gasteiger partial charge >= 0.3 is 5.97 Å². The third-order valence-electron chi connectivity index (χ3n) is 6.92. The van der Waals surface area contributed by atoms with E-state index in [4.69, 9.17) is 9.72 Å². The largest absolute Gasteiger partial charge is 0.480 e. The van der Waals surface area contributed by atoms with Gasteiger partial charge in [0.2, 0.25) is 5.65 Å². The van der Waals surface area contributed by atoms with E-state index in [2.05, 4.69) is 27.6 Å². The summed E-state index contributed by atoms with van der Waals surface area (Å²) in [7, 11) is 0. The fourth-order valence-corrected chi connectivity index (χ4v) is 5.82. The molecule has 0 bridgehead atoms. The van der Waals surface area contributed by atoms with Crippen LogP contribution in [0.1, 0.15) is 18.4 Å². The smallest absolute Gasteiger partial charge is 0.322 e. The average molecular weight is 537 g/mol. The molecule has 0 amide bonds. The number of anilines is 1. The number of nitrogens with one attached hydrogen (secondary N) is 1. The van der Waals surface area contributed by atoms with Crippen LogP contribution in [0.3, 0.4) is 0 Å². The Morgan fingerprint density at radius 2 is 1.85 bits per heavy atom. The molecule has 0 spiro atoms. The Morgan fingerprint density at radius 3 is 2.62 bits per heavy atom. The minimum absolute atomic E-state index is 0.297. The van der Waals surface area contributed by atoms with Gasteiger partial charge < -0.3 is 15.2 Å². The third-order valence-corrected chi connectivity index (χ3v) is 7.90. The molecule has 194 valence electrons. The Bertz CT molecular complexity index is 1720. The predicted octanol–water partition coefficient (Wildman–Crippen LogP) is 5.16. The maximum Gasteiger partial charge on any atom is 0.322 e. The molecule has 0 atom stereocenters. The average Bonchev–Trinajstić information content (AvgIpc) is 3.42. The molecule has 1 aliphatic rings. The number of nitrogens with zero attached hydrogens (tertiary/aromatic N) is 5. The zero-order valence-corrected chi connectivity index (χ0v) is 21.7. The first-order chi connectivity index (χ1) is 19.1. The van der Waals surface area contributed by atoms with Gasteiger partial charge in [0.05, 0.1) is 22.5 Å². The van der Waals surface area contributed by atoms with Gasteiger partial charge in [-0.15, -0.1) is 10.2 Å². The van der Waals surface area contributed by atoms with Crippen LogP contribution >= 0.6 is 11.8 Å². The molecule has 5 aromatic rings. The summed E-state index contributed by atoms with van der Waals surface area (Å²) >= 11 is 1.59. The van der Waals surface area contributed by atoms with Crippen molar-refractivity contribution in [2.75, 3.05) is 25.1 Å². The minimum Gasteiger partial charge on any atom is -0.480 e. The number of carboxylic acids is 1. The Hall–Kier alpha value is -4.46. The molecule has 10 heteroatoms. The van der Waals surface area contributed by atoms with E-state index in [9.17, 15) is 15.2 Å². The van der Waals surface area contributed by atoms with Crippen LogP contribution in [0.15, 0.2) is 82.6 Å². The van der Waals surface area contributed by atoms with Crippen molar-refractivity contribution in [2.45, 2.75) is 28.0 Å². The molecule has 1 aliphatic heterocycles. The van der Waals surface area contributed by atoms with Gasteiger partial charge in [-0.2, -0.15) is 5.26 Å². The summed E-state index contributed by atoms with van der Waals surface area (Å²) in [5.74, 6) is -0.0105. The van der Waals surface area contributed by atoms with Crippen LogP contribution in [0.2, 0.25) is 0 Å². The SMILES string of the molecule is N#CC1(c2cccc(Sc3ccc4c(c3)nc(NCC(=O)O)c3nnc(-c5ccccc5)n34)c2)CCOCC1. The second kappa shape index (κ2) is 10.4. The normalized spacial score (nSPS) is 14.7. The summed E-state index contributed by atoms with van der Waals surface area (Å²) in [6, 6.07) is 26.4. The van der Waals surface area contributed by atoms with E-state index < -0.39 is 11.4 Å². The number of aliphatic carboxylic acids is 1. The molecule has 1 fully saturated rings. The van der Waals surface area contributed by atoms with E-state index in [-0.39, 0.29) is 6.54 Å². The molecular weight excluding hydrogens is 512 g/mol. The highest BCUT2D eigenvalue weighted by atomic mass is 32.2. The first-order valence-electron chi connectivity index (χ1n) is 12.5. The molecule has 0 aliphatic carbocycles. The highest BCUT2D eigenvalue weighted by molar-refractivity contribution is 7.99. The quantitative estimate of drug-likeness (QED) is 0.290. The maximum absolute atomic E-state index is 11.3. The highest BCUT2D eigenvalue weighted by Gasteiger charge is 2.34. The van der Waals surface area contributed by atoms with Crippen LogP contribution in [-0.4, -0.2) is 50.4 Å². The molecule has 39 heavy (non-hydrogen) atoms. The number of carbonyl (C=O) groups is 1. The summed E-state index contributed by atoms with van der Waals surface area (Å²) in [6.07, 6.45) is 1.37. The number of benzene rings is 3. The van der Waals surface area contributed by atoms with Crippen molar-refractivity contribution >= 4 is 40.2 Å². The molecule has 0 radical (unpaired) electrons. The molecule has 2 aromatic heterocycles. The van der Waals surface area contributed by atoms with Crippen LogP contribution in [0.25, 0.3) is 28.1 Å². The van der Waals surface area contributed by atoms with Gasteiger partial charge in [-0.25, -0.2) is 4.98 Å². The van der Waals surface area contributed by atoms with Crippen LogP contribution in [0.5, 0.6) is 0 Å². The second-order valence-electron chi connectivity index (χ2n) is 9.34. The molecule has 9 nitrogen and oxygen atoms in total. The third kappa shape index (κ3) is 4.78. The Labute approximate surface area is 228 Å². The van der Waals surface area contributed by atoms with E-state index >= 15 is 0 Å². The predicted molar refractivity (Wildman–Crippen MR) is 148 cm³/mol.